The maximum absolute atomic E-state index is 12.1. The fourth-order valence-corrected chi connectivity index (χ4v) is 2.37. The molecule has 2 amide bonds. The Hall–Kier alpha value is -1.85. The van der Waals surface area contributed by atoms with Crippen LogP contribution in [0.25, 0.3) is 0 Å². The minimum atomic E-state index is -0.434. The van der Waals surface area contributed by atoms with E-state index in [-0.39, 0.29) is 11.8 Å². The molecule has 19 heavy (non-hydrogen) atoms. The van der Waals surface area contributed by atoms with E-state index in [1.165, 1.54) is 0 Å². The highest BCUT2D eigenvalue weighted by molar-refractivity contribution is 5.96. The lowest BCUT2D eigenvalue weighted by Gasteiger charge is -2.13. The number of nitrogens with one attached hydrogen (secondary N) is 3. The first-order valence-corrected chi connectivity index (χ1v) is 6.88. The second-order valence-corrected chi connectivity index (χ2v) is 5.30. The summed E-state index contributed by atoms with van der Waals surface area (Å²) in [4.78, 5) is 23.8. The summed E-state index contributed by atoms with van der Waals surface area (Å²) in [5.74, 6) is 0.171. The molecule has 1 unspecified atom stereocenters. The van der Waals surface area contributed by atoms with Gasteiger partial charge in [0.05, 0.1) is 0 Å². The van der Waals surface area contributed by atoms with E-state index in [0.717, 1.165) is 31.4 Å². The van der Waals surface area contributed by atoms with Crippen molar-refractivity contribution in [3.8, 4) is 0 Å². The number of hydrogen-bond acceptors (Lipinski definition) is 3. The molecule has 1 aliphatic heterocycles. The van der Waals surface area contributed by atoms with E-state index >= 15 is 0 Å². The van der Waals surface area contributed by atoms with Gasteiger partial charge in [-0.1, -0.05) is 0 Å². The van der Waals surface area contributed by atoms with Crippen LogP contribution in [0.3, 0.4) is 0 Å². The highest BCUT2D eigenvalue weighted by Crippen LogP contribution is 2.38. The van der Waals surface area contributed by atoms with Gasteiger partial charge < -0.3 is 10.6 Å². The number of amides is 2. The Balaban J connectivity index is 1.63. The molecule has 2 fully saturated rings. The molecule has 0 bridgehead atoms. The van der Waals surface area contributed by atoms with Gasteiger partial charge >= 0.3 is 0 Å². The molecule has 1 aromatic rings. The van der Waals surface area contributed by atoms with Crippen molar-refractivity contribution in [2.45, 2.75) is 44.1 Å². The smallest absolute Gasteiger partial charge is 0.272 e. The summed E-state index contributed by atoms with van der Waals surface area (Å²) >= 11 is 0. The second-order valence-electron chi connectivity index (χ2n) is 5.30. The minimum Gasteiger partial charge on any atom is -0.354 e. The van der Waals surface area contributed by atoms with Crippen molar-refractivity contribution < 1.29 is 9.59 Å². The minimum absolute atomic E-state index is 0.0937. The van der Waals surface area contributed by atoms with E-state index < -0.39 is 6.04 Å². The third-order valence-electron chi connectivity index (χ3n) is 3.69. The maximum atomic E-state index is 12.1. The fourth-order valence-electron chi connectivity index (χ4n) is 2.37. The average molecular weight is 262 g/mol. The highest BCUT2D eigenvalue weighted by atomic mass is 16.2. The lowest BCUT2D eigenvalue weighted by molar-refractivity contribution is -0.122. The molecule has 6 nitrogen and oxygen atoms in total. The van der Waals surface area contributed by atoms with Crippen LogP contribution in [-0.4, -0.2) is 34.6 Å². The molecule has 6 heteroatoms. The Kier molecular flexibility index (Phi) is 3.23. The number of carbonyl (C=O) groups is 2. The normalized spacial score (nSPS) is 23.6. The average Bonchev–Trinajstić information content (AvgIpc) is 3.17. The van der Waals surface area contributed by atoms with Gasteiger partial charge in [-0.15, -0.1) is 0 Å². The zero-order chi connectivity index (χ0) is 13.2. The van der Waals surface area contributed by atoms with Crippen LogP contribution in [0, 0.1) is 0 Å². The molecule has 102 valence electrons. The Labute approximate surface area is 111 Å². The van der Waals surface area contributed by atoms with E-state index in [4.69, 9.17) is 0 Å². The first-order chi connectivity index (χ1) is 9.24. The lowest BCUT2D eigenvalue weighted by atomic mass is 10.1. The maximum Gasteiger partial charge on any atom is 0.272 e. The molecular formula is C13H18N4O2. The topological polar surface area (TPSA) is 86.9 Å². The van der Waals surface area contributed by atoms with Crippen LogP contribution in [-0.2, 0) is 4.79 Å². The van der Waals surface area contributed by atoms with Gasteiger partial charge in [-0.05, 0) is 38.2 Å². The third kappa shape index (κ3) is 2.77. The van der Waals surface area contributed by atoms with Gasteiger partial charge in [0.25, 0.3) is 5.91 Å². The van der Waals surface area contributed by atoms with Gasteiger partial charge in [-0.3, -0.25) is 14.7 Å². The molecular weight excluding hydrogens is 244 g/mol. The highest BCUT2D eigenvalue weighted by Gasteiger charge is 2.28. The summed E-state index contributed by atoms with van der Waals surface area (Å²) in [6.45, 7) is 0.694. The number of aromatic nitrogens is 2. The largest absolute Gasteiger partial charge is 0.354 e. The van der Waals surface area contributed by atoms with E-state index in [9.17, 15) is 9.59 Å². The number of hydrogen-bond donors (Lipinski definition) is 3. The zero-order valence-electron chi connectivity index (χ0n) is 10.7. The summed E-state index contributed by atoms with van der Waals surface area (Å²) in [6.07, 6.45) is 4.92. The van der Waals surface area contributed by atoms with Gasteiger partial charge in [-0.2, -0.15) is 5.10 Å². The number of rotatable bonds is 3. The van der Waals surface area contributed by atoms with Crippen LogP contribution >= 0.6 is 0 Å². The fraction of sp³-hybridized carbons (Fsp3) is 0.615. The van der Waals surface area contributed by atoms with Crippen molar-refractivity contribution in [2.24, 2.45) is 0 Å². The van der Waals surface area contributed by atoms with Crippen LogP contribution in [0.1, 0.15) is 54.2 Å². The Morgan fingerprint density at radius 2 is 2.16 bits per heavy atom. The quantitative estimate of drug-likeness (QED) is 0.749. The summed E-state index contributed by atoms with van der Waals surface area (Å²) in [6, 6.07) is 1.36. The van der Waals surface area contributed by atoms with Crippen molar-refractivity contribution in [3.63, 3.8) is 0 Å². The zero-order valence-corrected chi connectivity index (χ0v) is 10.7. The summed E-state index contributed by atoms with van der Waals surface area (Å²) < 4.78 is 0. The predicted octanol–water partition coefficient (Wildman–Crippen LogP) is 0.686. The second kappa shape index (κ2) is 5.03. The van der Waals surface area contributed by atoms with Crippen LogP contribution < -0.4 is 10.6 Å². The van der Waals surface area contributed by atoms with Crippen molar-refractivity contribution in [2.75, 3.05) is 6.54 Å². The lowest BCUT2D eigenvalue weighted by Crippen LogP contribution is -2.45. The van der Waals surface area contributed by atoms with Crippen LogP contribution in [0.5, 0.6) is 0 Å². The SMILES string of the molecule is O=C(NC1CCCCNC1=O)c1cc(C2CC2)[nH]n1. The monoisotopic (exact) mass is 262 g/mol. The number of nitrogens with zero attached hydrogens (tertiary/aromatic N) is 1. The third-order valence-corrected chi connectivity index (χ3v) is 3.69. The molecule has 0 radical (unpaired) electrons. The van der Waals surface area contributed by atoms with E-state index in [1.54, 1.807) is 6.07 Å². The molecule has 2 aliphatic rings. The molecule has 1 saturated carbocycles. The molecule has 1 aliphatic carbocycles. The van der Waals surface area contributed by atoms with E-state index in [1.807, 2.05) is 0 Å². The van der Waals surface area contributed by atoms with Crippen LogP contribution in [0.15, 0.2) is 6.07 Å². The Morgan fingerprint density at radius 1 is 1.32 bits per heavy atom. The molecule has 2 heterocycles. The Morgan fingerprint density at radius 3 is 2.95 bits per heavy atom. The molecule has 3 rings (SSSR count). The summed E-state index contributed by atoms with van der Waals surface area (Å²) in [5, 5.41) is 12.5. The van der Waals surface area contributed by atoms with Crippen LogP contribution in [0.4, 0.5) is 0 Å². The van der Waals surface area contributed by atoms with Crippen molar-refractivity contribution in [1.82, 2.24) is 20.8 Å². The predicted molar refractivity (Wildman–Crippen MR) is 68.7 cm³/mol. The summed E-state index contributed by atoms with van der Waals surface area (Å²) in [7, 11) is 0. The van der Waals surface area contributed by atoms with E-state index in [2.05, 4.69) is 20.8 Å². The van der Waals surface area contributed by atoms with Crippen molar-refractivity contribution in [1.29, 1.82) is 0 Å². The molecule has 1 atom stereocenters. The molecule has 1 aromatic heterocycles. The van der Waals surface area contributed by atoms with Crippen molar-refractivity contribution in [3.05, 3.63) is 17.5 Å². The number of carbonyl (C=O) groups excluding carboxylic acids is 2. The number of aromatic amines is 1. The van der Waals surface area contributed by atoms with Gasteiger partial charge in [0.15, 0.2) is 0 Å². The van der Waals surface area contributed by atoms with Gasteiger partial charge in [0.2, 0.25) is 5.91 Å². The number of H-pyrrole nitrogens is 1. The van der Waals surface area contributed by atoms with Crippen molar-refractivity contribution >= 4 is 11.8 Å². The first kappa shape index (κ1) is 12.2. The molecule has 3 N–H and O–H groups in total. The molecule has 0 spiro atoms. The standard InChI is InChI=1S/C13H18N4O2/c18-12-9(3-1-2-6-14-12)15-13(19)11-7-10(16-17-11)8-4-5-8/h7-9H,1-6H2,(H,14,18)(H,15,19)(H,16,17). The van der Waals surface area contributed by atoms with E-state index in [0.29, 0.717) is 24.6 Å². The first-order valence-electron chi connectivity index (χ1n) is 6.88. The summed E-state index contributed by atoms with van der Waals surface area (Å²) in [5.41, 5.74) is 1.40. The molecule has 0 aromatic carbocycles. The van der Waals surface area contributed by atoms with Gasteiger partial charge in [0.1, 0.15) is 11.7 Å². The van der Waals surface area contributed by atoms with Crippen LogP contribution in [0.2, 0.25) is 0 Å². The van der Waals surface area contributed by atoms with Gasteiger partial charge in [-0.25, -0.2) is 0 Å². The van der Waals surface area contributed by atoms with Gasteiger partial charge in [0, 0.05) is 18.2 Å². The molecule has 1 saturated heterocycles. The Bertz CT molecular complexity index is 493.